The number of ether oxygens (including phenoxy) is 1. The molecule has 5 heteroatoms. The first-order chi connectivity index (χ1) is 17.7. The Bertz CT molecular complexity index is 1360. The van der Waals surface area contributed by atoms with Gasteiger partial charge in [-0.3, -0.25) is 9.59 Å². The highest BCUT2D eigenvalue weighted by Gasteiger charge is 2.16. The average Bonchev–Trinajstić information content (AvgIpc) is 2.89. The molecule has 0 radical (unpaired) electrons. The Kier molecular flexibility index (Phi) is 7.73. The van der Waals surface area contributed by atoms with E-state index in [-0.39, 0.29) is 17.2 Å². The number of hydrogen-bond donors (Lipinski definition) is 2. The summed E-state index contributed by atoms with van der Waals surface area (Å²) in [5.74, 6) is 0.119. The smallest absolute Gasteiger partial charge is 0.265 e. The van der Waals surface area contributed by atoms with Gasteiger partial charge in [0, 0.05) is 16.9 Å². The molecule has 5 nitrogen and oxygen atoms in total. The number of benzene rings is 4. The van der Waals surface area contributed by atoms with E-state index in [0.29, 0.717) is 22.7 Å². The molecule has 188 valence electrons. The van der Waals surface area contributed by atoms with Crippen LogP contribution in [0.25, 0.3) is 11.1 Å². The largest absolute Gasteiger partial charge is 0.481 e. The Morgan fingerprint density at radius 3 is 1.92 bits per heavy atom. The molecule has 0 aromatic heterocycles. The highest BCUT2D eigenvalue weighted by Crippen LogP contribution is 2.24. The molecule has 1 atom stereocenters. The van der Waals surface area contributed by atoms with Gasteiger partial charge in [-0.1, -0.05) is 81.4 Å². The van der Waals surface area contributed by atoms with Gasteiger partial charge in [0.2, 0.25) is 0 Å². The normalized spacial score (nSPS) is 11.9. The number of nitrogens with one attached hydrogen (secondary N) is 2. The molecule has 4 aromatic rings. The fourth-order valence-corrected chi connectivity index (χ4v) is 3.86. The standard InChI is InChI=1S/C32H32N2O3/c1-22(37-29-19-15-24(16-20-29)23-9-6-5-7-10-23)30(35)33-27-11-8-12-28(21-27)34-31(36)25-13-17-26(18-14-25)32(2,3)4/h5-22H,1-4H3,(H,33,35)(H,34,36). The van der Waals surface area contributed by atoms with Gasteiger partial charge in [-0.25, -0.2) is 0 Å². The summed E-state index contributed by atoms with van der Waals surface area (Å²) in [5, 5.41) is 5.76. The van der Waals surface area contributed by atoms with Gasteiger partial charge in [-0.15, -0.1) is 0 Å². The van der Waals surface area contributed by atoms with E-state index in [1.165, 1.54) is 0 Å². The van der Waals surface area contributed by atoms with Crippen molar-refractivity contribution in [2.75, 3.05) is 10.6 Å². The first-order valence-corrected chi connectivity index (χ1v) is 12.3. The quantitative estimate of drug-likeness (QED) is 0.284. The molecular formula is C32H32N2O3. The molecule has 0 heterocycles. The number of carbonyl (C=O) groups excluding carboxylic acids is 2. The zero-order valence-electron chi connectivity index (χ0n) is 21.6. The van der Waals surface area contributed by atoms with Crippen molar-refractivity contribution in [2.24, 2.45) is 0 Å². The summed E-state index contributed by atoms with van der Waals surface area (Å²) in [6.45, 7) is 8.10. The molecule has 0 saturated carbocycles. The molecule has 0 spiro atoms. The Labute approximate surface area is 218 Å². The minimum Gasteiger partial charge on any atom is -0.481 e. The lowest BCUT2D eigenvalue weighted by Crippen LogP contribution is -2.30. The second-order valence-electron chi connectivity index (χ2n) is 10.0. The average molecular weight is 493 g/mol. The first kappa shape index (κ1) is 25.7. The van der Waals surface area contributed by atoms with Crippen LogP contribution in [0, 0.1) is 0 Å². The van der Waals surface area contributed by atoms with Crippen LogP contribution in [0.5, 0.6) is 5.75 Å². The highest BCUT2D eigenvalue weighted by molar-refractivity contribution is 6.04. The summed E-state index contributed by atoms with van der Waals surface area (Å²) >= 11 is 0. The number of rotatable bonds is 7. The number of carbonyl (C=O) groups is 2. The van der Waals surface area contributed by atoms with Crippen molar-refractivity contribution in [1.82, 2.24) is 0 Å². The van der Waals surface area contributed by atoms with Gasteiger partial charge >= 0.3 is 0 Å². The van der Waals surface area contributed by atoms with Crippen LogP contribution in [0.1, 0.15) is 43.6 Å². The maximum absolute atomic E-state index is 12.7. The molecule has 1 unspecified atom stereocenters. The number of amides is 2. The van der Waals surface area contributed by atoms with Gasteiger partial charge in [-0.2, -0.15) is 0 Å². The predicted molar refractivity (Wildman–Crippen MR) is 150 cm³/mol. The van der Waals surface area contributed by atoms with Gasteiger partial charge in [0.1, 0.15) is 5.75 Å². The number of hydrogen-bond acceptors (Lipinski definition) is 3. The topological polar surface area (TPSA) is 67.4 Å². The van der Waals surface area contributed by atoms with E-state index in [9.17, 15) is 9.59 Å². The molecule has 0 aliphatic carbocycles. The Hall–Kier alpha value is -4.38. The summed E-state index contributed by atoms with van der Waals surface area (Å²) in [6.07, 6.45) is -0.706. The fraction of sp³-hybridized carbons (Fsp3) is 0.188. The van der Waals surface area contributed by atoms with E-state index in [2.05, 4.69) is 31.4 Å². The molecule has 4 rings (SSSR count). The van der Waals surface area contributed by atoms with Gasteiger partial charge in [0.15, 0.2) is 6.10 Å². The van der Waals surface area contributed by atoms with Crippen LogP contribution in [0.2, 0.25) is 0 Å². The SMILES string of the molecule is CC(Oc1ccc(-c2ccccc2)cc1)C(=O)Nc1cccc(NC(=O)c2ccc(C(C)(C)C)cc2)c1. The van der Waals surface area contributed by atoms with E-state index in [1.54, 1.807) is 31.2 Å². The van der Waals surface area contributed by atoms with E-state index in [0.717, 1.165) is 16.7 Å². The van der Waals surface area contributed by atoms with Gasteiger partial charge in [-0.05, 0) is 71.5 Å². The van der Waals surface area contributed by atoms with E-state index in [1.807, 2.05) is 78.9 Å². The molecule has 0 aliphatic heterocycles. The first-order valence-electron chi connectivity index (χ1n) is 12.3. The second-order valence-corrected chi connectivity index (χ2v) is 10.0. The van der Waals surface area contributed by atoms with Crippen molar-refractivity contribution >= 4 is 23.2 Å². The van der Waals surface area contributed by atoms with Crippen LogP contribution >= 0.6 is 0 Å². The van der Waals surface area contributed by atoms with Gasteiger partial charge in [0.25, 0.3) is 11.8 Å². The summed E-state index contributed by atoms with van der Waals surface area (Å²) < 4.78 is 5.84. The lowest BCUT2D eigenvalue weighted by molar-refractivity contribution is -0.122. The van der Waals surface area contributed by atoms with E-state index < -0.39 is 6.10 Å². The molecule has 0 bridgehead atoms. The molecule has 2 amide bonds. The van der Waals surface area contributed by atoms with Crippen molar-refractivity contribution in [2.45, 2.75) is 39.2 Å². The summed E-state index contributed by atoms with van der Waals surface area (Å²) in [4.78, 5) is 25.5. The summed E-state index contributed by atoms with van der Waals surface area (Å²) in [7, 11) is 0. The maximum Gasteiger partial charge on any atom is 0.265 e. The Balaban J connectivity index is 1.34. The minimum absolute atomic E-state index is 0.0218. The third-order valence-electron chi connectivity index (χ3n) is 6.04. The zero-order chi connectivity index (χ0) is 26.4. The summed E-state index contributed by atoms with van der Waals surface area (Å²) in [5.41, 5.74) is 5.12. The van der Waals surface area contributed by atoms with Crippen molar-refractivity contribution < 1.29 is 14.3 Å². The molecule has 37 heavy (non-hydrogen) atoms. The maximum atomic E-state index is 12.7. The lowest BCUT2D eigenvalue weighted by atomic mass is 9.87. The molecule has 0 fully saturated rings. The monoisotopic (exact) mass is 492 g/mol. The van der Waals surface area contributed by atoms with Gasteiger partial charge in [0.05, 0.1) is 0 Å². The lowest BCUT2D eigenvalue weighted by Gasteiger charge is -2.19. The molecule has 2 N–H and O–H groups in total. The van der Waals surface area contributed by atoms with Crippen molar-refractivity contribution in [3.05, 3.63) is 114 Å². The second kappa shape index (κ2) is 11.1. The van der Waals surface area contributed by atoms with Gasteiger partial charge < -0.3 is 15.4 Å². The Morgan fingerprint density at radius 2 is 1.30 bits per heavy atom. The highest BCUT2D eigenvalue weighted by atomic mass is 16.5. The van der Waals surface area contributed by atoms with Crippen LogP contribution in [0.3, 0.4) is 0 Å². The van der Waals surface area contributed by atoms with E-state index >= 15 is 0 Å². The Morgan fingerprint density at radius 1 is 0.703 bits per heavy atom. The van der Waals surface area contributed by atoms with E-state index in [4.69, 9.17) is 4.74 Å². The summed E-state index contributed by atoms with van der Waals surface area (Å²) in [6, 6.07) is 32.4. The molecular weight excluding hydrogens is 460 g/mol. The third kappa shape index (κ3) is 6.85. The molecule has 0 saturated heterocycles. The predicted octanol–water partition coefficient (Wildman–Crippen LogP) is 7.31. The van der Waals surface area contributed by atoms with Crippen LogP contribution in [0.15, 0.2) is 103 Å². The number of anilines is 2. The van der Waals surface area contributed by atoms with Crippen LogP contribution < -0.4 is 15.4 Å². The van der Waals surface area contributed by atoms with Crippen LogP contribution in [0.4, 0.5) is 11.4 Å². The van der Waals surface area contributed by atoms with Crippen molar-refractivity contribution in [3.8, 4) is 16.9 Å². The third-order valence-corrected chi connectivity index (χ3v) is 6.04. The minimum atomic E-state index is -0.706. The van der Waals surface area contributed by atoms with Crippen molar-refractivity contribution in [3.63, 3.8) is 0 Å². The fourth-order valence-electron chi connectivity index (χ4n) is 3.86. The van der Waals surface area contributed by atoms with Crippen LogP contribution in [-0.4, -0.2) is 17.9 Å². The molecule has 4 aromatic carbocycles. The van der Waals surface area contributed by atoms with Crippen LogP contribution in [-0.2, 0) is 10.2 Å². The zero-order valence-corrected chi connectivity index (χ0v) is 21.6. The van der Waals surface area contributed by atoms with Crippen molar-refractivity contribution in [1.29, 1.82) is 0 Å². The molecule has 0 aliphatic rings.